The maximum Gasteiger partial charge on any atom is 0.226 e. The molecule has 1 saturated heterocycles. The monoisotopic (exact) mass is 380 g/mol. The number of unbranched alkanes of at least 4 members (excludes halogenated alkanes) is 11. The van der Waals surface area contributed by atoms with E-state index in [9.17, 15) is 14.7 Å². The van der Waals surface area contributed by atoms with Gasteiger partial charge in [0.15, 0.2) is 5.78 Å². The number of aliphatic hydroxyl groups excluding tert-OH is 1. The van der Waals surface area contributed by atoms with E-state index in [0.717, 1.165) is 37.4 Å². The van der Waals surface area contributed by atoms with Crippen LogP contribution < -0.4 is 0 Å². The van der Waals surface area contributed by atoms with Gasteiger partial charge in [-0.15, -0.1) is 0 Å². The normalized spacial score (nSPS) is 16.8. The molecule has 0 atom stereocenters. The zero-order valence-corrected chi connectivity index (χ0v) is 17.2. The third-order valence-electron chi connectivity index (χ3n) is 4.78. The topological polar surface area (TPSA) is 54.4 Å². The molecule has 0 aliphatic carbocycles. The van der Waals surface area contributed by atoms with E-state index in [1.165, 1.54) is 57.8 Å². The van der Waals surface area contributed by atoms with Gasteiger partial charge in [0.2, 0.25) is 5.12 Å². The van der Waals surface area contributed by atoms with Crippen molar-refractivity contribution in [1.29, 1.82) is 0 Å². The summed E-state index contributed by atoms with van der Waals surface area (Å²) >= 11 is 0.993. The van der Waals surface area contributed by atoms with Crippen LogP contribution in [0.2, 0.25) is 0 Å². The largest absolute Gasteiger partial charge is 0.511 e. The molecule has 1 heterocycles. The SMILES string of the molecule is CCCCCCCC/C=C\CCCCCCC/C(O)=C1\C(=O)CSC1=O. The summed E-state index contributed by atoms with van der Waals surface area (Å²) in [5.41, 5.74) is 0.0468. The molecule has 26 heavy (non-hydrogen) atoms. The lowest BCUT2D eigenvalue weighted by Crippen LogP contribution is -2.05. The zero-order valence-electron chi connectivity index (χ0n) is 16.4. The number of carbonyl (C=O) groups excluding carboxylic acids is 2. The number of hydrogen-bond donors (Lipinski definition) is 1. The predicted octanol–water partition coefficient (Wildman–Crippen LogP) is 6.68. The van der Waals surface area contributed by atoms with Crippen molar-refractivity contribution in [2.75, 3.05) is 5.75 Å². The third-order valence-corrected chi connectivity index (χ3v) is 5.65. The van der Waals surface area contributed by atoms with E-state index in [1.54, 1.807) is 0 Å². The first kappa shape index (κ1) is 23.0. The van der Waals surface area contributed by atoms with E-state index in [2.05, 4.69) is 19.1 Å². The Labute approximate surface area is 163 Å². The number of aliphatic hydroxyl groups is 1. The maximum absolute atomic E-state index is 11.5. The average Bonchev–Trinajstić information content (AvgIpc) is 2.96. The van der Waals surface area contributed by atoms with Crippen LogP contribution in [-0.2, 0) is 9.59 Å². The second-order valence-corrected chi connectivity index (χ2v) is 8.10. The first-order chi connectivity index (χ1) is 12.7. The number of ketones is 1. The predicted molar refractivity (Wildman–Crippen MR) is 112 cm³/mol. The lowest BCUT2D eigenvalue weighted by atomic mass is 10.1. The summed E-state index contributed by atoms with van der Waals surface area (Å²) in [7, 11) is 0. The second kappa shape index (κ2) is 15.1. The number of rotatable bonds is 15. The Morgan fingerprint density at radius 1 is 0.885 bits per heavy atom. The number of allylic oxidation sites excluding steroid dienone is 3. The van der Waals surface area contributed by atoms with Crippen molar-refractivity contribution in [3.8, 4) is 0 Å². The summed E-state index contributed by atoms with van der Waals surface area (Å²) in [6, 6.07) is 0. The smallest absolute Gasteiger partial charge is 0.226 e. The summed E-state index contributed by atoms with van der Waals surface area (Å²) in [4.78, 5) is 23.0. The summed E-state index contributed by atoms with van der Waals surface area (Å²) in [6.45, 7) is 2.25. The fourth-order valence-electron chi connectivity index (χ4n) is 3.16. The maximum atomic E-state index is 11.5. The lowest BCUT2D eigenvalue weighted by Gasteiger charge is -2.03. The lowest BCUT2D eigenvalue weighted by molar-refractivity contribution is -0.115. The highest BCUT2D eigenvalue weighted by Gasteiger charge is 2.30. The molecule has 0 amide bonds. The molecule has 0 radical (unpaired) electrons. The van der Waals surface area contributed by atoms with Gasteiger partial charge in [-0.25, -0.2) is 0 Å². The summed E-state index contributed by atoms with van der Waals surface area (Å²) < 4.78 is 0. The molecule has 0 bridgehead atoms. The molecule has 0 saturated carbocycles. The van der Waals surface area contributed by atoms with Crippen molar-refractivity contribution in [3.63, 3.8) is 0 Å². The average molecular weight is 381 g/mol. The van der Waals surface area contributed by atoms with Gasteiger partial charge in [-0.1, -0.05) is 82.2 Å². The van der Waals surface area contributed by atoms with E-state index in [4.69, 9.17) is 0 Å². The zero-order chi connectivity index (χ0) is 19.0. The molecule has 1 aliphatic rings. The van der Waals surface area contributed by atoms with Crippen molar-refractivity contribution >= 4 is 22.7 Å². The quantitative estimate of drug-likeness (QED) is 0.113. The van der Waals surface area contributed by atoms with E-state index in [-0.39, 0.29) is 28.0 Å². The molecule has 0 unspecified atom stereocenters. The minimum atomic E-state index is -0.264. The molecule has 0 aromatic carbocycles. The van der Waals surface area contributed by atoms with Gasteiger partial charge in [-0.2, -0.15) is 0 Å². The minimum Gasteiger partial charge on any atom is -0.511 e. The molecule has 1 aliphatic heterocycles. The van der Waals surface area contributed by atoms with Crippen LogP contribution in [0.5, 0.6) is 0 Å². The Balaban J connectivity index is 1.92. The molecule has 148 valence electrons. The number of Topliss-reactive ketones (excluding diaryl/α,β-unsaturated/α-hetero) is 1. The standard InChI is InChI=1S/C22H36O3S/c1-2-3-4-5-6-7-8-9-10-11-12-13-14-15-16-17-19(23)21-20(24)18-26-22(21)25/h9-10,23H,2-8,11-18H2,1H3/b10-9-,21-19-. The van der Waals surface area contributed by atoms with Crippen LogP contribution in [0.15, 0.2) is 23.5 Å². The number of hydrogen-bond acceptors (Lipinski definition) is 4. The Morgan fingerprint density at radius 3 is 1.96 bits per heavy atom. The van der Waals surface area contributed by atoms with Crippen molar-refractivity contribution in [3.05, 3.63) is 23.5 Å². The Hall–Kier alpha value is -1.03. The van der Waals surface area contributed by atoms with Gasteiger partial charge >= 0.3 is 0 Å². The van der Waals surface area contributed by atoms with Crippen LogP contribution >= 0.6 is 11.8 Å². The summed E-state index contributed by atoms with van der Waals surface area (Å²) in [5.74, 6) is -0.0298. The number of carbonyl (C=O) groups is 2. The first-order valence-corrected chi connectivity index (χ1v) is 11.4. The molecule has 0 spiro atoms. The first-order valence-electron chi connectivity index (χ1n) is 10.4. The summed E-state index contributed by atoms with van der Waals surface area (Å²) in [5, 5.41) is 9.65. The highest BCUT2D eigenvalue weighted by molar-refractivity contribution is 8.15. The summed E-state index contributed by atoms with van der Waals surface area (Å²) in [6.07, 6.45) is 21.1. The molecule has 0 aromatic heterocycles. The number of thioether (sulfide) groups is 1. The van der Waals surface area contributed by atoms with Gasteiger partial charge in [-0.05, 0) is 32.1 Å². The third kappa shape index (κ3) is 10.2. The van der Waals surface area contributed by atoms with Gasteiger partial charge < -0.3 is 5.11 Å². The minimum absolute atomic E-state index is 0.00243. The molecule has 4 heteroatoms. The Bertz CT molecular complexity index is 462. The van der Waals surface area contributed by atoms with E-state index < -0.39 is 0 Å². The molecular weight excluding hydrogens is 344 g/mol. The van der Waals surface area contributed by atoms with E-state index >= 15 is 0 Å². The molecule has 1 N–H and O–H groups in total. The fraction of sp³-hybridized carbons (Fsp3) is 0.727. The Kier molecular flexibility index (Phi) is 13.3. The molecule has 1 fully saturated rings. The van der Waals surface area contributed by atoms with Crippen LogP contribution in [0.4, 0.5) is 0 Å². The highest BCUT2D eigenvalue weighted by atomic mass is 32.2. The van der Waals surface area contributed by atoms with Crippen LogP contribution in [0.3, 0.4) is 0 Å². The van der Waals surface area contributed by atoms with Gasteiger partial charge in [0.25, 0.3) is 0 Å². The van der Waals surface area contributed by atoms with Crippen molar-refractivity contribution in [1.82, 2.24) is 0 Å². The molecule has 0 aromatic rings. The van der Waals surface area contributed by atoms with Crippen molar-refractivity contribution in [2.45, 2.75) is 96.8 Å². The van der Waals surface area contributed by atoms with E-state index in [0.29, 0.717) is 6.42 Å². The van der Waals surface area contributed by atoms with Gasteiger partial charge in [0.05, 0.1) is 5.75 Å². The molecule has 3 nitrogen and oxygen atoms in total. The molecular formula is C22H36O3S. The fourth-order valence-corrected chi connectivity index (χ4v) is 3.94. The van der Waals surface area contributed by atoms with Crippen LogP contribution in [0.25, 0.3) is 0 Å². The van der Waals surface area contributed by atoms with Crippen LogP contribution in [0.1, 0.15) is 96.8 Å². The Morgan fingerprint density at radius 2 is 1.42 bits per heavy atom. The van der Waals surface area contributed by atoms with Gasteiger partial charge in [0.1, 0.15) is 11.3 Å². The second-order valence-electron chi connectivity index (χ2n) is 7.16. The van der Waals surface area contributed by atoms with Crippen molar-refractivity contribution in [2.24, 2.45) is 0 Å². The van der Waals surface area contributed by atoms with E-state index in [1.807, 2.05) is 0 Å². The van der Waals surface area contributed by atoms with Gasteiger partial charge in [-0.3, -0.25) is 9.59 Å². The van der Waals surface area contributed by atoms with Crippen LogP contribution in [-0.4, -0.2) is 21.8 Å². The van der Waals surface area contributed by atoms with Gasteiger partial charge in [0, 0.05) is 6.42 Å². The molecule has 1 rings (SSSR count). The van der Waals surface area contributed by atoms with Crippen LogP contribution in [0, 0.1) is 0 Å². The van der Waals surface area contributed by atoms with Crippen molar-refractivity contribution < 1.29 is 14.7 Å². The highest BCUT2D eigenvalue weighted by Crippen LogP contribution is 2.26.